The molecule has 9 nitrogen and oxygen atoms in total. The Bertz CT molecular complexity index is 595. The lowest BCUT2D eigenvalue weighted by molar-refractivity contribution is -0.157. The van der Waals surface area contributed by atoms with Crippen LogP contribution in [0, 0.1) is 0 Å². The van der Waals surface area contributed by atoms with Gasteiger partial charge in [-0.25, -0.2) is 14.4 Å². The standard InChI is InChI=1S/C20H36N2O7/c1-18(2,3)27-15(24)13(21-16(25)28-19(4,5)6)11-10-12-14(23)22-17(26)29-20(7,8)9/h13H,10-12H2,1-9H3,(H,21,25)(H,22,23,26)/t13-/m0/s1. The Kier molecular flexibility index (Phi) is 9.62. The maximum atomic E-state index is 12.4. The molecule has 29 heavy (non-hydrogen) atoms. The van der Waals surface area contributed by atoms with Gasteiger partial charge >= 0.3 is 18.2 Å². The van der Waals surface area contributed by atoms with Crippen molar-refractivity contribution in [3.8, 4) is 0 Å². The van der Waals surface area contributed by atoms with E-state index in [9.17, 15) is 19.2 Å². The summed E-state index contributed by atoms with van der Waals surface area (Å²) in [5.41, 5.74) is -2.18. The maximum absolute atomic E-state index is 12.4. The summed E-state index contributed by atoms with van der Waals surface area (Å²) in [6.07, 6.45) is -1.26. The molecule has 2 N–H and O–H groups in total. The van der Waals surface area contributed by atoms with E-state index in [-0.39, 0.29) is 19.3 Å². The van der Waals surface area contributed by atoms with E-state index >= 15 is 0 Å². The minimum absolute atomic E-state index is 0.0332. The number of hydrogen-bond acceptors (Lipinski definition) is 7. The van der Waals surface area contributed by atoms with Crippen LogP contribution in [0.25, 0.3) is 0 Å². The van der Waals surface area contributed by atoms with Gasteiger partial charge in [0.1, 0.15) is 22.8 Å². The molecule has 0 fully saturated rings. The largest absolute Gasteiger partial charge is 0.458 e. The lowest BCUT2D eigenvalue weighted by atomic mass is 10.1. The van der Waals surface area contributed by atoms with E-state index < -0.39 is 46.9 Å². The molecule has 0 radical (unpaired) electrons. The van der Waals surface area contributed by atoms with Crippen molar-refractivity contribution in [1.29, 1.82) is 0 Å². The minimum atomic E-state index is -0.988. The van der Waals surface area contributed by atoms with Crippen LogP contribution in [0.5, 0.6) is 0 Å². The van der Waals surface area contributed by atoms with Gasteiger partial charge in [-0.1, -0.05) is 0 Å². The van der Waals surface area contributed by atoms with Crippen molar-refractivity contribution in [2.45, 2.75) is 104 Å². The Labute approximate surface area is 173 Å². The third kappa shape index (κ3) is 15.3. The number of carbonyl (C=O) groups excluding carboxylic acids is 4. The zero-order valence-corrected chi connectivity index (χ0v) is 19.1. The molecular formula is C20H36N2O7. The number of hydrogen-bond donors (Lipinski definition) is 2. The van der Waals surface area contributed by atoms with Crippen LogP contribution in [0.15, 0.2) is 0 Å². The van der Waals surface area contributed by atoms with Gasteiger partial charge in [-0.15, -0.1) is 0 Å². The van der Waals surface area contributed by atoms with Crippen molar-refractivity contribution in [2.24, 2.45) is 0 Å². The van der Waals surface area contributed by atoms with E-state index in [0.29, 0.717) is 0 Å². The Balaban J connectivity index is 4.79. The average Bonchev–Trinajstić information content (AvgIpc) is 2.39. The molecule has 168 valence electrons. The maximum Gasteiger partial charge on any atom is 0.414 e. The summed E-state index contributed by atoms with van der Waals surface area (Å²) in [5.74, 6) is -1.17. The quantitative estimate of drug-likeness (QED) is 0.502. The zero-order chi connectivity index (χ0) is 23.0. The topological polar surface area (TPSA) is 120 Å². The Morgan fingerprint density at radius 1 is 0.724 bits per heavy atom. The van der Waals surface area contributed by atoms with Crippen LogP contribution in [0.3, 0.4) is 0 Å². The third-order valence-electron chi connectivity index (χ3n) is 2.92. The molecule has 0 aliphatic heterocycles. The van der Waals surface area contributed by atoms with Gasteiger partial charge in [0.2, 0.25) is 5.91 Å². The molecule has 0 saturated heterocycles. The van der Waals surface area contributed by atoms with E-state index in [2.05, 4.69) is 10.6 Å². The number of carbonyl (C=O) groups is 4. The van der Waals surface area contributed by atoms with Crippen LogP contribution in [0.4, 0.5) is 9.59 Å². The summed E-state index contributed by atoms with van der Waals surface area (Å²) >= 11 is 0. The molecule has 0 heterocycles. The highest BCUT2D eigenvalue weighted by molar-refractivity contribution is 5.91. The second-order valence-corrected chi connectivity index (χ2v) is 9.67. The van der Waals surface area contributed by atoms with Crippen molar-refractivity contribution in [3.05, 3.63) is 0 Å². The molecule has 0 aromatic rings. The van der Waals surface area contributed by atoms with Crippen LogP contribution in [0.1, 0.15) is 81.6 Å². The fourth-order valence-corrected chi connectivity index (χ4v) is 2.02. The van der Waals surface area contributed by atoms with Gasteiger partial charge < -0.3 is 19.5 Å². The first-order valence-electron chi connectivity index (χ1n) is 9.63. The summed E-state index contributed by atoms with van der Waals surface area (Å²) in [5, 5.41) is 4.60. The molecule has 0 unspecified atom stereocenters. The minimum Gasteiger partial charge on any atom is -0.458 e. The van der Waals surface area contributed by atoms with E-state index in [0.717, 1.165) is 0 Å². The molecule has 0 aliphatic rings. The highest BCUT2D eigenvalue weighted by Crippen LogP contribution is 2.13. The molecule has 0 rings (SSSR count). The molecule has 0 bridgehead atoms. The first kappa shape index (κ1) is 26.7. The van der Waals surface area contributed by atoms with E-state index in [4.69, 9.17) is 14.2 Å². The van der Waals surface area contributed by atoms with Gasteiger partial charge in [-0.05, 0) is 75.2 Å². The molecule has 0 saturated carbocycles. The Morgan fingerprint density at radius 2 is 1.17 bits per heavy atom. The van der Waals surface area contributed by atoms with Crippen molar-refractivity contribution in [3.63, 3.8) is 0 Å². The summed E-state index contributed by atoms with van der Waals surface area (Å²) in [7, 11) is 0. The molecule has 0 spiro atoms. The third-order valence-corrected chi connectivity index (χ3v) is 2.92. The number of amides is 3. The van der Waals surface area contributed by atoms with E-state index in [1.165, 1.54) is 0 Å². The van der Waals surface area contributed by atoms with Crippen molar-refractivity contribution >= 4 is 24.1 Å². The number of esters is 1. The smallest absolute Gasteiger partial charge is 0.414 e. The predicted molar refractivity (Wildman–Crippen MR) is 107 cm³/mol. The number of imide groups is 1. The monoisotopic (exact) mass is 416 g/mol. The van der Waals surface area contributed by atoms with Crippen LogP contribution in [-0.2, 0) is 23.8 Å². The van der Waals surface area contributed by atoms with Crippen LogP contribution < -0.4 is 10.6 Å². The predicted octanol–water partition coefficient (Wildman–Crippen LogP) is 3.44. The van der Waals surface area contributed by atoms with Crippen LogP contribution >= 0.6 is 0 Å². The van der Waals surface area contributed by atoms with Gasteiger partial charge in [0, 0.05) is 6.42 Å². The summed E-state index contributed by atoms with van der Waals surface area (Å²) in [4.78, 5) is 47.9. The molecule has 0 aliphatic carbocycles. The summed E-state index contributed by atoms with van der Waals surface area (Å²) in [6, 6.07) is -0.988. The van der Waals surface area contributed by atoms with Gasteiger partial charge in [0.05, 0.1) is 0 Å². The molecule has 0 aromatic heterocycles. The zero-order valence-electron chi connectivity index (χ0n) is 19.1. The Morgan fingerprint density at radius 3 is 1.62 bits per heavy atom. The second-order valence-electron chi connectivity index (χ2n) is 9.67. The van der Waals surface area contributed by atoms with Gasteiger partial charge in [-0.2, -0.15) is 0 Å². The number of ether oxygens (including phenoxy) is 3. The average molecular weight is 417 g/mol. The van der Waals surface area contributed by atoms with Crippen molar-refractivity contribution in [2.75, 3.05) is 0 Å². The summed E-state index contributed by atoms with van der Waals surface area (Å²) in [6.45, 7) is 15.3. The fourth-order valence-electron chi connectivity index (χ4n) is 2.02. The molecule has 1 atom stereocenters. The second kappa shape index (κ2) is 10.5. The highest BCUT2D eigenvalue weighted by atomic mass is 16.6. The fraction of sp³-hybridized carbons (Fsp3) is 0.800. The summed E-state index contributed by atoms with van der Waals surface area (Å²) < 4.78 is 15.5. The number of rotatable bonds is 6. The Hall–Kier alpha value is -2.32. The lowest BCUT2D eigenvalue weighted by Crippen LogP contribution is -2.46. The SMILES string of the molecule is CC(C)(C)OC(=O)NC(=O)CCC[C@H](NC(=O)OC(C)(C)C)C(=O)OC(C)(C)C. The molecule has 9 heteroatoms. The van der Waals surface area contributed by atoms with Gasteiger partial charge in [0.25, 0.3) is 0 Å². The van der Waals surface area contributed by atoms with Gasteiger partial charge in [-0.3, -0.25) is 10.1 Å². The number of nitrogens with one attached hydrogen (secondary N) is 2. The molecule has 3 amide bonds. The van der Waals surface area contributed by atoms with Gasteiger partial charge in [0.15, 0.2) is 0 Å². The lowest BCUT2D eigenvalue weighted by Gasteiger charge is -2.26. The van der Waals surface area contributed by atoms with Crippen LogP contribution in [0.2, 0.25) is 0 Å². The van der Waals surface area contributed by atoms with Crippen molar-refractivity contribution < 1.29 is 33.4 Å². The van der Waals surface area contributed by atoms with E-state index in [1.54, 1.807) is 62.3 Å². The molecular weight excluding hydrogens is 380 g/mol. The first-order valence-corrected chi connectivity index (χ1v) is 9.63. The van der Waals surface area contributed by atoms with Crippen molar-refractivity contribution in [1.82, 2.24) is 10.6 Å². The van der Waals surface area contributed by atoms with E-state index in [1.807, 2.05) is 0 Å². The first-order chi connectivity index (χ1) is 12.9. The normalized spacial score (nSPS) is 13.1. The number of alkyl carbamates (subject to hydrolysis) is 2. The van der Waals surface area contributed by atoms with Crippen LogP contribution in [-0.4, -0.2) is 46.9 Å². The highest BCUT2D eigenvalue weighted by Gasteiger charge is 2.28. The molecule has 0 aromatic carbocycles.